The number of rotatable bonds is 41. The first-order chi connectivity index (χ1) is 24.5. The van der Waals surface area contributed by atoms with Crippen LogP contribution in [0.2, 0.25) is 0 Å². The van der Waals surface area contributed by atoms with Crippen molar-refractivity contribution in [2.24, 2.45) is 5.92 Å². The van der Waals surface area contributed by atoms with Gasteiger partial charge in [-0.3, -0.25) is 18.6 Å². The Morgan fingerprint density at radius 1 is 0.490 bits per heavy atom. The molecule has 0 radical (unpaired) electrons. The molecule has 0 spiro atoms. The van der Waals surface area contributed by atoms with Crippen LogP contribution in [0.3, 0.4) is 0 Å². The standard InChI is InChI=1S/C43H86NO6P/c1-6-8-10-12-14-16-18-20-22-24-26-28-30-32-34-36-42(45)41(40-50-51(47,48)49-39-38-44(3,4)5)43(46)37-35-33-31-29-27-25-23-21-19-17-15-13-11-9-7-2/h41H,6-40H2,1-5H3/p+1. The molecule has 0 bridgehead atoms. The molecule has 0 aromatic heterocycles. The van der Waals surface area contributed by atoms with Crippen molar-refractivity contribution >= 4 is 19.4 Å². The number of hydrogen-bond acceptors (Lipinski definition) is 5. The van der Waals surface area contributed by atoms with Gasteiger partial charge in [-0.15, -0.1) is 0 Å². The molecule has 0 saturated carbocycles. The third-order valence-electron chi connectivity index (χ3n) is 10.3. The molecule has 1 N–H and O–H groups in total. The Labute approximate surface area is 317 Å². The summed E-state index contributed by atoms with van der Waals surface area (Å²) in [5, 5.41) is 0. The average molecular weight is 745 g/mol. The molecule has 0 saturated heterocycles. The van der Waals surface area contributed by atoms with Gasteiger partial charge in [0.25, 0.3) is 0 Å². The van der Waals surface area contributed by atoms with E-state index in [4.69, 9.17) is 9.05 Å². The van der Waals surface area contributed by atoms with E-state index in [9.17, 15) is 19.0 Å². The highest BCUT2D eigenvalue weighted by atomic mass is 31.2. The predicted octanol–water partition coefficient (Wildman–Crippen LogP) is 13.1. The lowest BCUT2D eigenvalue weighted by Crippen LogP contribution is -2.37. The lowest BCUT2D eigenvalue weighted by Gasteiger charge is -2.24. The van der Waals surface area contributed by atoms with Gasteiger partial charge in [0.05, 0.1) is 27.7 Å². The molecule has 0 heterocycles. The maximum atomic E-state index is 13.2. The molecule has 1 unspecified atom stereocenters. The Kier molecular flexibility index (Phi) is 34.7. The summed E-state index contributed by atoms with van der Waals surface area (Å²) >= 11 is 0. The van der Waals surface area contributed by atoms with Crippen molar-refractivity contribution < 1.29 is 32.6 Å². The number of carbonyl (C=O) groups excluding carboxylic acids is 2. The van der Waals surface area contributed by atoms with Crippen LogP contribution in [0.25, 0.3) is 0 Å². The van der Waals surface area contributed by atoms with Gasteiger partial charge in [-0.1, -0.05) is 194 Å². The van der Waals surface area contributed by atoms with Crippen LogP contribution in [0.4, 0.5) is 0 Å². The maximum Gasteiger partial charge on any atom is 0.472 e. The molecule has 1 atom stereocenters. The number of hydrogen-bond donors (Lipinski definition) is 1. The van der Waals surface area contributed by atoms with E-state index in [1.54, 1.807) is 0 Å². The average Bonchev–Trinajstić information content (AvgIpc) is 3.07. The molecule has 0 amide bonds. The Bertz CT molecular complexity index is 799. The number of quaternary nitrogens is 1. The fraction of sp³-hybridized carbons (Fsp3) is 0.953. The Balaban J connectivity index is 4.37. The van der Waals surface area contributed by atoms with E-state index in [1.165, 1.54) is 154 Å². The second-order valence-corrected chi connectivity index (χ2v) is 17.9. The molecular formula is C43H87NO6P+. The van der Waals surface area contributed by atoms with Gasteiger partial charge in [0, 0.05) is 12.8 Å². The maximum absolute atomic E-state index is 13.2. The second kappa shape index (κ2) is 35.1. The van der Waals surface area contributed by atoms with E-state index in [0.29, 0.717) is 23.9 Å². The number of nitrogens with zero attached hydrogens (tertiary/aromatic N) is 1. The highest BCUT2D eigenvalue weighted by Gasteiger charge is 2.31. The molecule has 0 aromatic carbocycles. The molecule has 304 valence electrons. The van der Waals surface area contributed by atoms with Gasteiger partial charge in [0.15, 0.2) is 0 Å². The lowest BCUT2D eigenvalue weighted by atomic mass is 9.92. The van der Waals surface area contributed by atoms with Crippen molar-refractivity contribution in [2.45, 2.75) is 219 Å². The summed E-state index contributed by atoms with van der Waals surface area (Å²) in [5.74, 6) is -1.32. The quantitative estimate of drug-likeness (QED) is 0.0290. The zero-order chi connectivity index (χ0) is 37.9. The third kappa shape index (κ3) is 36.2. The SMILES string of the molecule is CCCCCCCCCCCCCCCCCC(=O)C(COP(=O)(O)OCC[N+](C)(C)C)C(=O)CCCCCCCCCCCCCCCCC. The van der Waals surface area contributed by atoms with Crippen molar-refractivity contribution in [1.29, 1.82) is 0 Å². The normalized spacial score (nSPS) is 13.2. The van der Waals surface area contributed by atoms with Crippen LogP contribution in [-0.4, -0.2) is 61.8 Å². The van der Waals surface area contributed by atoms with Crippen LogP contribution in [0, 0.1) is 5.92 Å². The van der Waals surface area contributed by atoms with Gasteiger partial charge in [-0.05, 0) is 12.8 Å². The first kappa shape index (κ1) is 50.4. The monoisotopic (exact) mass is 745 g/mol. The van der Waals surface area contributed by atoms with Crippen LogP contribution < -0.4 is 0 Å². The lowest BCUT2D eigenvalue weighted by molar-refractivity contribution is -0.870. The van der Waals surface area contributed by atoms with Gasteiger partial charge in [0.1, 0.15) is 30.6 Å². The molecule has 7 nitrogen and oxygen atoms in total. The minimum Gasteiger partial charge on any atom is -0.329 e. The van der Waals surface area contributed by atoms with Gasteiger partial charge >= 0.3 is 7.82 Å². The van der Waals surface area contributed by atoms with E-state index in [0.717, 1.165) is 38.5 Å². The minimum absolute atomic E-state index is 0.0576. The summed E-state index contributed by atoms with van der Waals surface area (Å²) in [5.41, 5.74) is 0. The Hall–Kier alpha value is -0.590. The van der Waals surface area contributed by atoms with Crippen molar-refractivity contribution in [3.05, 3.63) is 0 Å². The molecule has 0 aromatic rings. The zero-order valence-corrected chi connectivity index (χ0v) is 35.6. The highest BCUT2D eigenvalue weighted by Crippen LogP contribution is 2.43. The van der Waals surface area contributed by atoms with Crippen LogP contribution in [-0.2, 0) is 23.2 Å². The van der Waals surface area contributed by atoms with Crippen LogP contribution in [0.15, 0.2) is 0 Å². The summed E-state index contributed by atoms with van der Waals surface area (Å²) in [6, 6.07) is 0. The zero-order valence-electron chi connectivity index (χ0n) is 34.7. The Morgan fingerprint density at radius 3 is 1.04 bits per heavy atom. The minimum atomic E-state index is -4.35. The Morgan fingerprint density at radius 2 is 0.765 bits per heavy atom. The largest absolute Gasteiger partial charge is 0.472 e. The number of phosphoric acid groups is 1. The molecule has 8 heteroatoms. The summed E-state index contributed by atoms with van der Waals surface area (Å²) in [7, 11) is 1.55. The summed E-state index contributed by atoms with van der Waals surface area (Å²) in [6.07, 6.45) is 38.3. The van der Waals surface area contributed by atoms with Gasteiger partial charge in [0.2, 0.25) is 0 Å². The topological polar surface area (TPSA) is 89.9 Å². The van der Waals surface area contributed by atoms with Gasteiger partial charge < -0.3 is 9.38 Å². The van der Waals surface area contributed by atoms with Crippen LogP contribution in [0.1, 0.15) is 219 Å². The van der Waals surface area contributed by atoms with Gasteiger partial charge in [-0.25, -0.2) is 4.57 Å². The van der Waals surface area contributed by atoms with Crippen molar-refractivity contribution in [2.75, 3.05) is 40.9 Å². The number of ketones is 2. The van der Waals surface area contributed by atoms with E-state index in [2.05, 4.69) is 13.8 Å². The number of phosphoric ester groups is 1. The van der Waals surface area contributed by atoms with Crippen LogP contribution >= 0.6 is 7.82 Å². The predicted molar refractivity (Wildman–Crippen MR) is 217 cm³/mol. The fourth-order valence-corrected chi connectivity index (χ4v) is 7.42. The highest BCUT2D eigenvalue weighted by molar-refractivity contribution is 7.47. The number of carbonyl (C=O) groups is 2. The molecular weight excluding hydrogens is 657 g/mol. The van der Waals surface area contributed by atoms with Crippen molar-refractivity contribution in [3.63, 3.8) is 0 Å². The number of unbranched alkanes of at least 4 members (excludes halogenated alkanes) is 28. The third-order valence-corrected chi connectivity index (χ3v) is 11.2. The second-order valence-electron chi connectivity index (χ2n) is 16.5. The van der Waals surface area contributed by atoms with Crippen LogP contribution in [0.5, 0.6) is 0 Å². The molecule has 0 rings (SSSR count). The molecule has 0 aliphatic heterocycles. The molecule has 0 fully saturated rings. The van der Waals surface area contributed by atoms with E-state index in [1.807, 2.05) is 21.1 Å². The first-order valence-corrected chi connectivity index (χ1v) is 23.5. The molecule has 0 aliphatic carbocycles. The van der Waals surface area contributed by atoms with E-state index in [-0.39, 0.29) is 24.8 Å². The van der Waals surface area contributed by atoms with Crippen molar-refractivity contribution in [3.8, 4) is 0 Å². The summed E-state index contributed by atoms with van der Waals surface area (Å²) in [4.78, 5) is 36.7. The molecule has 0 aliphatic rings. The van der Waals surface area contributed by atoms with E-state index < -0.39 is 13.7 Å². The summed E-state index contributed by atoms with van der Waals surface area (Å²) < 4.78 is 23.5. The number of Topliss-reactive ketones (excluding diaryl/α,β-unsaturated/α-hetero) is 2. The molecule has 51 heavy (non-hydrogen) atoms. The number of likely N-dealkylation sites (N-methyl/N-ethyl adjacent to an activating group) is 1. The first-order valence-electron chi connectivity index (χ1n) is 22.0. The smallest absolute Gasteiger partial charge is 0.329 e. The van der Waals surface area contributed by atoms with E-state index >= 15 is 0 Å². The van der Waals surface area contributed by atoms with Gasteiger partial charge in [-0.2, -0.15) is 0 Å². The fourth-order valence-electron chi connectivity index (χ4n) is 6.69. The van der Waals surface area contributed by atoms with Crippen molar-refractivity contribution in [1.82, 2.24) is 0 Å². The summed E-state index contributed by atoms with van der Waals surface area (Å²) in [6.45, 7) is 4.74.